The number of nitrogens with zero attached hydrogens (tertiary/aromatic N) is 2. The number of hydrogen-bond donors (Lipinski definition) is 0. The van der Waals surface area contributed by atoms with Crippen LogP contribution in [0.4, 0.5) is 0 Å². The number of aromatic nitrogens is 1. The Hall–Kier alpha value is -1.88. The Morgan fingerprint density at radius 3 is 2.79 bits per heavy atom. The van der Waals surface area contributed by atoms with Gasteiger partial charge in [0, 0.05) is 11.6 Å². The van der Waals surface area contributed by atoms with Crippen molar-refractivity contribution in [3.8, 4) is 6.07 Å². The van der Waals surface area contributed by atoms with Gasteiger partial charge >= 0.3 is 0 Å². The zero-order valence-electron chi connectivity index (χ0n) is 8.20. The molecule has 1 aromatic heterocycles. The van der Waals surface area contributed by atoms with Crippen LogP contribution in [0.5, 0.6) is 0 Å². The Morgan fingerprint density at radius 1 is 1.29 bits per heavy atom. The highest BCUT2D eigenvalue weighted by Gasteiger charge is 2.04. The van der Waals surface area contributed by atoms with E-state index < -0.39 is 0 Å². The minimum Gasteiger partial charge on any atom is -0.255 e. The van der Waals surface area contributed by atoms with Crippen molar-refractivity contribution in [2.45, 2.75) is 13.8 Å². The van der Waals surface area contributed by atoms with Crippen molar-refractivity contribution in [3.63, 3.8) is 0 Å². The summed E-state index contributed by atoms with van der Waals surface area (Å²) < 4.78 is 0. The van der Waals surface area contributed by atoms with Crippen LogP contribution < -0.4 is 0 Å². The van der Waals surface area contributed by atoms with Crippen molar-refractivity contribution in [2.24, 2.45) is 0 Å². The van der Waals surface area contributed by atoms with Crippen LogP contribution in [0.25, 0.3) is 10.9 Å². The molecule has 0 N–H and O–H groups in total. The summed E-state index contributed by atoms with van der Waals surface area (Å²) in [5.74, 6) is 0. The van der Waals surface area contributed by atoms with Gasteiger partial charge in [0.05, 0.1) is 11.1 Å². The van der Waals surface area contributed by atoms with Gasteiger partial charge in [-0.3, -0.25) is 4.98 Å². The number of benzene rings is 1. The van der Waals surface area contributed by atoms with E-state index in [2.05, 4.69) is 11.1 Å². The summed E-state index contributed by atoms with van der Waals surface area (Å²) in [5.41, 5.74) is 3.81. The third-order valence-corrected chi connectivity index (χ3v) is 2.49. The number of pyridine rings is 1. The quantitative estimate of drug-likeness (QED) is 0.628. The second-order valence-electron chi connectivity index (χ2n) is 3.38. The zero-order valence-corrected chi connectivity index (χ0v) is 8.20. The lowest BCUT2D eigenvalue weighted by atomic mass is 10.0. The van der Waals surface area contributed by atoms with E-state index in [-0.39, 0.29) is 0 Å². The minimum atomic E-state index is 0.656. The van der Waals surface area contributed by atoms with E-state index in [0.717, 1.165) is 22.0 Å². The second-order valence-corrected chi connectivity index (χ2v) is 3.38. The lowest BCUT2D eigenvalue weighted by Crippen LogP contribution is -1.90. The molecule has 2 heteroatoms. The van der Waals surface area contributed by atoms with Gasteiger partial charge in [-0.1, -0.05) is 18.2 Å². The van der Waals surface area contributed by atoms with Crippen molar-refractivity contribution < 1.29 is 0 Å². The van der Waals surface area contributed by atoms with Gasteiger partial charge in [-0.05, 0) is 25.0 Å². The fourth-order valence-corrected chi connectivity index (χ4v) is 1.62. The molecule has 0 spiro atoms. The second kappa shape index (κ2) is 3.12. The van der Waals surface area contributed by atoms with Gasteiger partial charge in [0.2, 0.25) is 0 Å². The summed E-state index contributed by atoms with van der Waals surface area (Å²) in [6.45, 7) is 3.99. The lowest BCUT2D eigenvalue weighted by Gasteiger charge is -2.04. The van der Waals surface area contributed by atoms with Gasteiger partial charge in [-0.15, -0.1) is 0 Å². The summed E-state index contributed by atoms with van der Waals surface area (Å²) in [4.78, 5) is 4.29. The molecule has 68 valence electrons. The van der Waals surface area contributed by atoms with E-state index in [9.17, 15) is 0 Å². The molecule has 0 aliphatic heterocycles. The molecule has 0 amide bonds. The number of nitriles is 1. The molecule has 2 rings (SSSR count). The molecule has 0 saturated carbocycles. The third-order valence-electron chi connectivity index (χ3n) is 2.49. The Labute approximate surface area is 82.8 Å². The van der Waals surface area contributed by atoms with Crippen LogP contribution in [-0.4, -0.2) is 4.98 Å². The molecule has 14 heavy (non-hydrogen) atoms. The van der Waals surface area contributed by atoms with Crippen LogP contribution >= 0.6 is 0 Å². The zero-order chi connectivity index (χ0) is 10.1. The van der Waals surface area contributed by atoms with Gasteiger partial charge in [-0.25, -0.2) is 0 Å². The van der Waals surface area contributed by atoms with Crippen LogP contribution in [0, 0.1) is 25.2 Å². The third kappa shape index (κ3) is 1.14. The molecule has 1 heterocycles. The molecule has 0 aliphatic carbocycles. The highest BCUT2D eigenvalue weighted by Crippen LogP contribution is 2.21. The first kappa shape index (κ1) is 8.71. The van der Waals surface area contributed by atoms with Gasteiger partial charge in [-0.2, -0.15) is 5.26 Å². The van der Waals surface area contributed by atoms with E-state index in [1.807, 2.05) is 32.0 Å². The van der Waals surface area contributed by atoms with Crippen LogP contribution in [0.2, 0.25) is 0 Å². The summed E-state index contributed by atoms with van der Waals surface area (Å²) in [5, 5.41) is 9.93. The van der Waals surface area contributed by atoms with Crippen molar-refractivity contribution in [3.05, 3.63) is 41.1 Å². The van der Waals surface area contributed by atoms with E-state index in [4.69, 9.17) is 5.26 Å². The minimum absolute atomic E-state index is 0.656. The Morgan fingerprint density at radius 2 is 2.07 bits per heavy atom. The highest BCUT2D eigenvalue weighted by molar-refractivity contribution is 5.86. The molecule has 0 saturated heterocycles. The Bertz CT molecular complexity index is 536. The van der Waals surface area contributed by atoms with Crippen molar-refractivity contribution >= 4 is 10.9 Å². The first-order valence-corrected chi connectivity index (χ1v) is 4.49. The normalized spacial score (nSPS) is 10.1. The maximum absolute atomic E-state index is 8.86. The average Bonchev–Trinajstić information content (AvgIpc) is 2.20. The lowest BCUT2D eigenvalue weighted by molar-refractivity contribution is 1.30. The number of aryl methyl sites for hydroxylation is 2. The smallest absolute Gasteiger partial charge is 0.101 e. The molecule has 1 aromatic carbocycles. The largest absolute Gasteiger partial charge is 0.255 e. The summed E-state index contributed by atoms with van der Waals surface area (Å²) in [7, 11) is 0. The number of fused-ring (bicyclic) bond motifs is 1. The van der Waals surface area contributed by atoms with Gasteiger partial charge in [0.15, 0.2) is 0 Å². The maximum atomic E-state index is 8.86. The number of para-hydroxylation sites is 1. The molecule has 0 bridgehead atoms. The monoisotopic (exact) mass is 182 g/mol. The van der Waals surface area contributed by atoms with Gasteiger partial charge in [0.25, 0.3) is 0 Å². The van der Waals surface area contributed by atoms with Gasteiger partial charge in [0.1, 0.15) is 6.07 Å². The van der Waals surface area contributed by atoms with E-state index in [1.54, 1.807) is 6.20 Å². The topological polar surface area (TPSA) is 36.7 Å². The number of hydrogen-bond acceptors (Lipinski definition) is 2. The summed E-state index contributed by atoms with van der Waals surface area (Å²) in [6.07, 6.45) is 1.64. The highest BCUT2D eigenvalue weighted by atomic mass is 14.7. The molecular weight excluding hydrogens is 172 g/mol. The SMILES string of the molecule is Cc1c(C#N)cnc2c(C)cccc12. The fraction of sp³-hybridized carbons (Fsp3) is 0.167. The average molecular weight is 182 g/mol. The molecular formula is C12H10N2. The molecule has 0 unspecified atom stereocenters. The standard InChI is InChI=1S/C12H10N2/c1-8-4-3-5-11-9(2)10(6-13)7-14-12(8)11/h3-5,7H,1-2H3. The van der Waals surface area contributed by atoms with Crippen LogP contribution in [0.3, 0.4) is 0 Å². The molecule has 0 aliphatic rings. The van der Waals surface area contributed by atoms with Crippen molar-refractivity contribution in [1.29, 1.82) is 5.26 Å². The van der Waals surface area contributed by atoms with Gasteiger partial charge < -0.3 is 0 Å². The molecule has 2 nitrogen and oxygen atoms in total. The maximum Gasteiger partial charge on any atom is 0.101 e. The Balaban J connectivity index is 2.92. The number of rotatable bonds is 0. The molecule has 0 atom stereocenters. The molecule has 0 radical (unpaired) electrons. The summed E-state index contributed by atoms with van der Waals surface area (Å²) >= 11 is 0. The molecule has 0 fully saturated rings. The van der Waals surface area contributed by atoms with Crippen LogP contribution in [0.15, 0.2) is 24.4 Å². The predicted molar refractivity (Wildman–Crippen MR) is 55.9 cm³/mol. The van der Waals surface area contributed by atoms with Crippen molar-refractivity contribution in [1.82, 2.24) is 4.98 Å². The van der Waals surface area contributed by atoms with E-state index >= 15 is 0 Å². The van der Waals surface area contributed by atoms with Crippen LogP contribution in [-0.2, 0) is 0 Å². The predicted octanol–water partition coefficient (Wildman–Crippen LogP) is 2.72. The first-order chi connectivity index (χ1) is 6.74. The summed E-state index contributed by atoms with van der Waals surface area (Å²) in [6, 6.07) is 8.17. The van der Waals surface area contributed by atoms with Crippen molar-refractivity contribution in [2.75, 3.05) is 0 Å². The molecule has 2 aromatic rings. The van der Waals surface area contributed by atoms with E-state index in [1.165, 1.54) is 0 Å². The van der Waals surface area contributed by atoms with E-state index in [0.29, 0.717) is 5.56 Å². The first-order valence-electron chi connectivity index (χ1n) is 4.49. The fourth-order valence-electron chi connectivity index (χ4n) is 1.62. The Kier molecular flexibility index (Phi) is 1.94. The van der Waals surface area contributed by atoms with Crippen LogP contribution in [0.1, 0.15) is 16.7 Å².